The number of nitrogens with zero attached hydrogens (tertiary/aromatic N) is 2. The molecule has 0 aliphatic rings. The number of carbonyl (C=O) groups excluding carboxylic acids is 2. The molecule has 2 amide bonds. The van der Waals surface area contributed by atoms with E-state index in [1.54, 1.807) is 48.5 Å². The van der Waals surface area contributed by atoms with Crippen molar-refractivity contribution in [3.8, 4) is 0 Å². The van der Waals surface area contributed by atoms with Gasteiger partial charge in [-0.25, -0.2) is 4.98 Å². The van der Waals surface area contributed by atoms with Crippen LogP contribution in [0.25, 0.3) is 0 Å². The Labute approximate surface area is 163 Å². The van der Waals surface area contributed by atoms with E-state index in [1.165, 1.54) is 0 Å². The van der Waals surface area contributed by atoms with Gasteiger partial charge in [0.05, 0.1) is 28.8 Å². The molecule has 0 unspecified atom stereocenters. The zero-order chi connectivity index (χ0) is 18.4. The minimum absolute atomic E-state index is 0.0179. The summed E-state index contributed by atoms with van der Waals surface area (Å²) in [5, 5.41) is 5.95. The Hall–Kier alpha value is -1.67. The summed E-state index contributed by atoms with van der Waals surface area (Å²) in [6, 6.07) is 8.42. The van der Waals surface area contributed by atoms with Crippen LogP contribution in [0.1, 0.15) is 0 Å². The number of rotatable bonds is 6. The van der Waals surface area contributed by atoms with Crippen molar-refractivity contribution in [1.29, 1.82) is 0 Å². The molecule has 0 radical (unpaired) electrons. The Morgan fingerprint density at radius 1 is 1.12 bits per heavy atom. The van der Waals surface area contributed by atoms with Crippen LogP contribution < -0.4 is 10.6 Å². The molecular weight excluding hydrogens is 431 g/mol. The van der Waals surface area contributed by atoms with Crippen molar-refractivity contribution in [2.24, 2.45) is 0 Å². The molecule has 1 aromatic heterocycles. The van der Waals surface area contributed by atoms with E-state index in [1.807, 2.05) is 0 Å². The summed E-state index contributed by atoms with van der Waals surface area (Å²) in [6.07, 6.45) is 1.58. The molecule has 0 bridgehead atoms. The lowest BCUT2D eigenvalue weighted by atomic mass is 10.3. The fourth-order valence-electron chi connectivity index (χ4n) is 1.97. The number of pyridine rings is 1. The molecule has 6 nitrogen and oxygen atoms in total. The summed E-state index contributed by atoms with van der Waals surface area (Å²) in [5.41, 5.74) is 0.427. The third-order valence-corrected chi connectivity index (χ3v) is 4.34. The van der Waals surface area contributed by atoms with Crippen molar-refractivity contribution < 1.29 is 9.59 Å². The summed E-state index contributed by atoms with van der Waals surface area (Å²) >= 11 is 15.2. The number of benzene rings is 1. The van der Waals surface area contributed by atoms with E-state index in [-0.39, 0.29) is 29.9 Å². The number of carbonyl (C=O) groups is 2. The van der Waals surface area contributed by atoms with Gasteiger partial charge in [-0.3, -0.25) is 14.5 Å². The second-order valence-electron chi connectivity index (χ2n) is 5.23. The summed E-state index contributed by atoms with van der Waals surface area (Å²) in [6.45, 7) is 0.0540. The zero-order valence-corrected chi connectivity index (χ0v) is 16.3. The van der Waals surface area contributed by atoms with Gasteiger partial charge in [-0.05, 0) is 47.2 Å². The van der Waals surface area contributed by atoms with Crippen molar-refractivity contribution in [2.75, 3.05) is 30.8 Å². The van der Waals surface area contributed by atoms with Crippen molar-refractivity contribution in [2.45, 2.75) is 0 Å². The number of nitrogens with one attached hydrogen (secondary N) is 2. The van der Waals surface area contributed by atoms with E-state index < -0.39 is 0 Å². The normalized spacial score (nSPS) is 10.6. The van der Waals surface area contributed by atoms with E-state index in [4.69, 9.17) is 23.2 Å². The molecule has 0 saturated carbocycles. The smallest absolute Gasteiger partial charge is 0.239 e. The molecule has 0 atom stereocenters. The molecule has 132 valence electrons. The van der Waals surface area contributed by atoms with Crippen molar-refractivity contribution in [1.82, 2.24) is 9.88 Å². The van der Waals surface area contributed by atoms with Crippen molar-refractivity contribution in [3.63, 3.8) is 0 Å². The highest BCUT2D eigenvalue weighted by molar-refractivity contribution is 9.10. The lowest BCUT2D eigenvalue weighted by molar-refractivity contribution is -0.119. The van der Waals surface area contributed by atoms with Crippen LogP contribution in [0.2, 0.25) is 10.0 Å². The molecule has 9 heteroatoms. The van der Waals surface area contributed by atoms with Crippen molar-refractivity contribution >= 4 is 62.5 Å². The average molecular weight is 446 g/mol. The monoisotopic (exact) mass is 444 g/mol. The zero-order valence-electron chi connectivity index (χ0n) is 13.2. The van der Waals surface area contributed by atoms with Crippen LogP contribution in [0.15, 0.2) is 41.0 Å². The van der Waals surface area contributed by atoms with Gasteiger partial charge in [0.15, 0.2) is 0 Å². The Bertz CT molecular complexity index is 771. The molecular formula is C16H15BrCl2N4O2. The fraction of sp³-hybridized carbons (Fsp3) is 0.188. The van der Waals surface area contributed by atoms with Crippen LogP contribution in [-0.2, 0) is 9.59 Å². The Morgan fingerprint density at radius 3 is 2.44 bits per heavy atom. The molecule has 0 aliphatic heterocycles. The summed E-state index contributed by atoms with van der Waals surface area (Å²) < 4.78 is 0.818. The van der Waals surface area contributed by atoms with E-state index in [9.17, 15) is 9.59 Å². The molecule has 0 spiro atoms. The highest BCUT2D eigenvalue weighted by atomic mass is 79.9. The van der Waals surface area contributed by atoms with Crippen LogP contribution in [0, 0.1) is 0 Å². The number of halogens is 3. The lowest BCUT2D eigenvalue weighted by Crippen LogP contribution is -2.36. The number of likely N-dealkylation sites (N-methyl/N-ethyl adjacent to an activating group) is 1. The Morgan fingerprint density at radius 2 is 1.80 bits per heavy atom. The first-order chi connectivity index (χ1) is 11.8. The maximum Gasteiger partial charge on any atom is 0.239 e. The van der Waals surface area contributed by atoms with Crippen LogP contribution in [-0.4, -0.2) is 41.8 Å². The fourth-order valence-corrected chi connectivity index (χ4v) is 2.55. The number of amides is 2. The van der Waals surface area contributed by atoms with Gasteiger partial charge >= 0.3 is 0 Å². The summed E-state index contributed by atoms with van der Waals surface area (Å²) in [5.74, 6) is -0.135. The highest BCUT2D eigenvalue weighted by Crippen LogP contribution is 2.29. The molecule has 25 heavy (non-hydrogen) atoms. The van der Waals surface area contributed by atoms with Gasteiger partial charge in [-0.1, -0.05) is 29.3 Å². The molecule has 2 aromatic rings. The SMILES string of the molecule is CN(CC(=O)Nc1ccc(Br)cn1)CC(=O)Nc1cccc(Cl)c1Cl. The Kier molecular flexibility index (Phi) is 7.19. The van der Waals surface area contributed by atoms with Crippen LogP contribution in [0.5, 0.6) is 0 Å². The molecule has 2 rings (SSSR count). The first-order valence-corrected chi connectivity index (χ1v) is 8.74. The van der Waals surface area contributed by atoms with E-state index >= 15 is 0 Å². The first-order valence-electron chi connectivity index (χ1n) is 7.19. The van der Waals surface area contributed by atoms with E-state index in [0.717, 1.165) is 4.47 Å². The second kappa shape index (κ2) is 9.15. The first kappa shape index (κ1) is 19.7. The molecule has 0 fully saturated rings. The third kappa shape index (κ3) is 6.28. The van der Waals surface area contributed by atoms with E-state index in [2.05, 4.69) is 31.5 Å². The summed E-state index contributed by atoms with van der Waals surface area (Å²) in [4.78, 5) is 29.7. The van der Waals surface area contributed by atoms with Gasteiger partial charge in [0.1, 0.15) is 5.82 Å². The van der Waals surface area contributed by atoms with Crippen LogP contribution in [0.4, 0.5) is 11.5 Å². The number of hydrogen-bond donors (Lipinski definition) is 2. The van der Waals surface area contributed by atoms with Gasteiger partial charge in [0, 0.05) is 10.7 Å². The highest BCUT2D eigenvalue weighted by Gasteiger charge is 2.13. The van der Waals surface area contributed by atoms with Crippen LogP contribution in [0.3, 0.4) is 0 Å². The maximum atomic E-state index is 12.1. The lowest BCUT2D eigenvalue weighted by Gasteiger charge is -2.16. The average Bonchev–Trinajstić information content (AvgIpc) is 2.53. The van der Waals surface area contributed by atoms with Gasteiger partial charge in [-0.2, -0.15) is 0 Å². The van der Waals surface area contributed by atoms with Gasteiger partial charge in [0.25, 0.3) is 0 Å². The standard InChI is InChI=1S/C16H15BrCl2N4O2/c1-23(9-15(25)22-13-6-5-10(17)7-20-13)8-14(24)21-12-4-2-3-11(18)16(12)19/h2-7H,8-9H2,1H3,(H,21,24)(H,20,22,25). The molecule has 2 N–H and O–H groups in total. The molecule has 0 aliphatic carbocycles. The molecule has 1 heterocycles. The van der Waals surface area contributed by atoms with Gasteiger partial charge in [0.2, 0.25) is 11.8 Å². The second-order valence-corrected chi connectivity index (χ2v) is 6.93. The largest absolute Gasteiger partial charge is 0.324 e. The van der Waals surface area contributed by atoms with Crippen LogP contribution >= 0.6 is 39.1 Å². The topological polar surface area (TPSA) is 74.3 Å². The van der Waals surface area contributed by atoms with Gasteiger partial charge < -0.3 is 10.6 Å². The van der Waals surface area contributed by atoms with Gasteiger partial charge in [-0.15, -0.1) is 0 Å². The number of anilines is 2. The predicted octanol–water partition coefficient (Wildman–Crippen LogP) is 3.66. The molecule has 1 aromatic carbocycles. The maximum absolute atomic E-state index is 12.1. The van der Waals surface area contributed by atoms with E-state index in [0.29, 0.717) is 16.5 Å². The Balaban J connectivity index is 1.83. The number of hydrogen-bond acceptors (Lipinski definition) is 4. The predicted molar refractivity (Wildman–Crippen MR) is 103 cm³/mol. The quantitative estimate of drug-likeness (QED) is 0.711. The minimum Gasteiger partial charge on any atom is -0.324 e. The minimum atomic E-state index is -0.304. The van der Waals surface area contributed by atoms with Crippen molar-refractivity contribution in [3.05, 3.63) is 51.0 Å². The summed E-state index contributed by atoms with van der Waals surface area (Å²) in [7, 11) is 1.66. The molecule has 0 saturated heterocycles. The number of aromatic nitrogens is 1. The third-order valence-electron chi connectivity index (χ3n) is 3.05.